The van der Waals surface area contributed by atoms with Crippen LogP contribution in [0.3, 0.4) is 0 Å². The quantitative estimate of drug-likeness (QED) is 0.247. The first-order valence-electron chi connectivity index (χ1n) is 10.2. The molecular formula is C21H33F2IN6O2. The van der Waals surface area contributed by atoms with Crippen LogP contribution < -0.4 is 20.1 Å². The standard InChI is InChI=1S/C21H32F2N6O2.HI/c1-6-24-21(26-13-17(28(3)4)16-12-27-29(5)14-16)25-11-15-9-8-10-18(30-7-2)19(15)31-20(22)23;/h8-10,12,14,17,20H,6-7,11,13H2,1-5H3,(H2,24,25,26);1H. The zero-order valence-electron chi connectivity index (χ0n) is 19.1. The second-order valence-electron chi connectivity index (χ2n) is 7.06. The fraction of sp³-hybridized carbons (Fsp3) is 0.524. The van der Waals surface area contributed by atoms with Crippen LogP contribution in [0.2, 0.25) is 0 Å². The lowest BCUT2D eigenvalue weighted by Crippen LogP contribution is -2.41. The highest BCUT2D eigenvalue weighted by atomic mass is 127. The van der Waals surface area contributed by atoms with Gasteiger partial charge >= 0.3 is 6.61 Å². The number of para-hydroxylation sites is 1. The molecule has 0 amide bonds. The second-order valence-corrected chi connectivity index (χ2v) is 7.06. The van der Waals surface area contributed by atoms with E-state index in [1.165, 1.54) is 0 Å². The van der Waals surface area contributed by atoms with E-state index in [4.69, 9.17) is 9.47 Å². The van der Waals surface area contributed by atoms with Crippen molar-refractivity contribution in [2.24, 2.45) is 12.0 Å². The van der Waals surface area contributed by atoms with E-state index in [9.17, 15) is 8.78 Å². The summed E-state index contributed by atoms with van der Waals surface area (Å²) in [7, 11) is 5.87. The minimum absolute atomic E-state index is 0. The van der Waals surface area contributed by atoms with Gasteiger partial charge in [-0.05, 0) is 34.0 Å². The molecule has 2 N–H and O–H groups in total. The lowest BCUT2D eigenvalue weighted by molar-refractivity contribution is -0.0520. The van der Waals surface area contributed by atoms with Gasteiger partial charge in [-0.3, -0.25) is 4.68 Å². The topological polar surface area (TPSA) is 75.9 Å². The van der Waals surface area contributed by atoms with E-state index < -0.39 is 6.61 Å². The molecule has 0 radical (unpaired) electrons. The first kappa shape index (κ1) is 27.9. The summed E-state index contributed by atoms with van der Waals surface area (Å²) in [6.45, 7) is 2.54. The molecule has 0 aliphatic heterocycles. The Morgan fingerprint density at radius 3 is 2.56 bits per heavy atom. The van der Waals surface area contributed by atoms with Crippen LogP contribution in [0.1, 0.15) is 31.0 Å². The molecule has 0 bridgehead atoms. The number of benzene rings is 1. The number of aliphatic imine (C=N–C) groups is 1. The molecule has 32 heavy (non-hydrogen) atoms. The number of rotatable bonds is 11. The van der Waals surface area contributed by atoms with Gasteiger partial charge in [0, 0.05) is 37.5 Å². The van der Waals surface area contributed by atoms with E-state index in [0.717, 1.165) is 5.56 Å². The normalized spacial score (nSPS) is 12.5. The Bertz CT molecular complexity index is 847. The van der Waals surface area contributed by atoms with E-state index in [-0.39, 0.29) is 48.1 Å². The lowest BCUT2D eigenvalue weighted by Gasteiger charge is -2.24. The van der Waals surface area contributed by atoms with Gasteiger partial charge in [0.1, 0.15) is 0 Å². The molecule has 0 aliphatic carbocycles. The Kier molecular flexibility index (Phi) is 12.3. The summed E-state index contributed by atoms with van der Waals surface area (Å²) in [6, 6.07) is 5.12. The van der Waals surface area contributed by atoms with Gasteiger partial charge in [0.05, 0.1) is 25.4 Å². The highest BCUT2D eigenvalue weighted by Gasteiger charge is 2.18. The van der Waals surface area contributed by atoms with Crippen molar-refractivity contribution >= 4 is 29.9 Å². The molecule has 0 saturated heterocycles. The van der Waals surface area contributed by atoms with Crippen LogP contribution in [-0.4, -0.2) is 61.0 Å². The van der Waals surface area contributed by atoms with Crippen molar-refractivity contribution in [3.63, 3.8) is 0 Å². The molecule has 1 aromatic heterocycles. The molecule has 1 unspecified atom stereocenters. The number of likely N-dealkylation sites (N-methyl/N-ethyl adjacent to an activating group) is 1. The summed E-state index contributed by atoms with van der Waals surface area (Å²) in [5, 5.41) is 10.7. The Hall–Kier alpha value is -2.15. The molecule has 0 aliphatic rings. The average Bonchev–Trinajstić information content (AvgIpc) is 3.13. The third-order valence-electron chi connectivity index (χ3n) is 4.51. The first-order valence-corrected chi connectivity index (χ1v) is 10.2. The fourth-order valence-corrected chi connectivity index (χ4v) is 3.09. The largest absolute Gasteiger partial charge is 0.490 e. The van der Waals surface area contributed by atoms with E-state index >= 15 is 0 Å². The third-order valence-corrected chi connectivity index (χ3v) is 4.51. The van der Waals surface area contributed by atoms with Crippen molar-refractivity contribution in [2.45, 2.75) is 33.0 Å². The predicted octanol–water partition coefficient (Wildman–Crippen LogP) is 3.40. The molecule has 1 aromatic carbocycles. The van der Waals surface area contributed by atoms with E-state index in [1.807, 2.05) is 40.5 Å². The summed E-state index contributed by atoms with van der Waals surface area (Å²) in [5.41, 5.74) is 1.59. The molecule has 180 valence electrons. The summed E-state index contributed by atoms with van der Waals surface area (Å²) in [5.74, 6) is 0.862. The molecular weight excluding hydrogens is 533 g/mol. The summed E-state index contributed by atoms with van der Waals surface area (Å²) >= 11 is 0. The number of halogens is 3. The monoisotopic (exact) mass is 566 g/mol. The lowest BCUT2D eigenvalue weighted by atomic mass is 10.1. The molecule has 1 atom stereocenters. The molecule has 1 heterocycles. The van der Waals surface area contributed by atoms with Crippen molar-refractivity contribution in [3.8, 4) is 11.5 Å². The third kappa shape index (κ3) is 8.41. The molecule has 0 spiro atoms. The van der Waals surface area contributed by atoms with Gasteiger partial charge in [-0.15, -0.1) is 24.0 Å². The maximum Gasteiger partial charge on any atom is 0.387 e. The predicted molar refractivity (Wildman–Crippen MR) is 132 cm³/mol. The van der Waals surface area contributed by atoms with Crippen molar-refractivity contribution in [1.29, 1.82) is 0 Å². The Balaban J connectivity index is 0.00000512. The molecule has 11 heteroatoms. The smallest absolute Gasteiger partial charge is 0.387 e. The number of hydrogen-bond acceptors (Lipinski definition) is 5. The zero-order valence-corrected chi connectivity index (χ0v) is 21.5. The minimum Gasteiger partial charge on any atom is -0.490 e. The maximum absolute atomic E-state index is 12.9. The molecule has 0 fully saturated rings. The molecule has 0 saturated carbocycles. The number of nitrogens with one attached hydrogen (secondary N) is 2. The SMILES string of the molecule is CCNC(=NCc1cccc(OCC)c1OC(F)F)NCC(c1cnn(C)c1)N(C)C.I. The van der Waals surface area contributed by atoms with Crippen molar-refractivity contribution in [1.82, 2.24) is 25.3 Å². The van der Waals surface area contributed by atoms with E-state index in [2.05, 4.69) is 25.6 Å². The Morgan fingerprint density at radius 2 is 2.00 bits per heavy atom. The van der Waals surface area contributed by atoms with Crippen molar-refractivity contribution in [2.75, 3.05) is 33.8 Å². The second kappa shape index (κ2) is 14.1. The van der Waals surface area contributed by atoms with Gasteiger partial charge in [0.25, 0.3) is 0 Å². The van der Waals surface area contributed by atoms with Crippen LogP contribution in [0.25, 0.3) is 0 Å². The van der Waals surface area contributed by atoms with E-state index in [1.54, 1.807) is 29.8 Å². The van der Waals surface area contributed by atoms with Gasteiger partial charge in [0.15, 0.2) is 17.5 Å². The minimum atomic E-state index is -2.95. The number of alkyl halides is 2. The highest BCUT2D eigenvalue weighted by Crippen LogP contribution is 2.33. The first-order chi connectivity index (χ1) is 14.8. The summed E-state index contributed by atoms with van der Waals surface area (Å²) < 4.78 is 37.8. The average molecular weight is 566 g/mol. The summed E-state index contributed by atoms with van der Waals surface area (Å²) in [6.07, 6.45) is 3.81. The van der Waals surface area contributed by atoms with Crippen LogP contribution in [0.15, 0.2) is 35.6 Å². The number of nitrogens with zero attached hydrogens (tertiary/aromatic N) is 4. The Morgan fingerprint density at radius 1 is 1.25 bits per heavy atom. The van der Waals surface area contributed by atoms with Crippen LogP contribution in [0.4, 0.5) is 8.78 Å². The van der Waals surface area contributed by atoms with E-state index in [0.29, 0.717) is 31.2 Å². The van der Waals surface area contributed by atoms with Gasteiger partial charge in [-0.25, -0.2) is 4.99 Å². The molecule has 2 aromatic rings. The van der Waals surface area contributed by atoms with Crippen LogP contribution in [0.5, 0.6) is 11.5 Å². The van der Waals surface area contributed by atoms with Gasteiger partial charge in [-0.1, -0.05) is 12.1 Å². The van der Waals surface area contributed by atoms with Crippen LogP contribution >= 0.6 is 24.0 Å². The molecule has 2 rings (SSSR count). The maximum atomic E-state index is 12.9. The number of hydrogen-bond donors (Lipinski definition) is 2. The van der Waals surface area contributed by atoms with Crippen LogP contribution in [0, 0.1) is 0 Å². The zero-order chi connectivity index (χ0) is 22.8. The number of aryl methyl sites for hydroxylation is 1. The fourth-order valence-electron chi connectivity index (χ4n) is 3.09. The molecule has 8 nitrogen and oxygen atoms in total. The highest BCUT2D eigenvalue weighted by molar-refractivity contribution is 14.0. The summed E-state index contributed by atoms with van der Waals surface area (Å²) in [4.78, 5) is 6.65. The number of aromatic nitrogens is 2. The number of guanidine groups is 1. The van der Waals surface area contributed by atoms with Crippen molar-refractivity contribution < 1.29 is 18.3 Å². The van der Waals surface area contributed by atoms with Gasteiger partial charge in [-0.2, -0.15) is 13.9 Å². The van der Waals surface area contributed by atoms with Gasteiger partial charge < -0.3 is 25.0 Å². The van der Waals surface area contributed by atoms with Crippen LogP contribution in [-0.2, 0) is 13.6 Å². The van der Waals surface area contributed by atoms with Crippen molar-refractivity contribution in [3.05, 3.63) is 41.7 Å². The Labute approximate surface area is 205 Å². The number of ether oxygens (including phenoxy) is 2. The van der Waals surface area contributed by atoms with Gasteiger partial charge in [0.2, 0.25) is 0 Å².